The van der Waals surface area contributed by atoms with Crippen molar-refractivity contribution in [2.24, 2.45) is 0 Å². The Labute approximate surface area is 114 Å². The zero-order valence-electron chi connectivity index (χ0n) is 11.5. The molecule has 0 unspecified atom stereocenters. The molecule has 0 spiro atoms. The maximum Gasteiger partial charge on any atom is 0.220 e. The van der Waals surface area contributed by atoms with Crippen LogP contribution in [0.25, 0.3) is 0 Å². The van der Waals surface area contributed by atoms with Crippen molar-refractivity contribution in [3.63, 3.8) is 0 Å². The molecule has 19 heavy (non-hydrogen) atoms. The molecular weight excluding hydrogens is 234 g/mol. The molecule has 0 aromatic heterocycles. The highest BCUT2D eigenvalue weighted by Gasteiger charge is 2.25. The van der Waals surface area contributed by atoms with E-state index in [1.807, 2.05) is 62.6 Å². The van der Waals surface area contributed by atoms with Gasteiger partial charge in [-0.15, -0.1) is 0 Å². The first-order chi connectivity index (χ1) is 9.18. The zero-order chi connectivity index (χ0) is 13.7. The number of rotatable bonds is 5. The van der Waals surface area contributed by atoms with Gasteiger partial charge in [-0.05, 0) is 5.56 Å². The third-order valence-electron chi connectivity index (χ3n) is 3.35. The highest BCUT2D eigenvalue weighted by molar-refractivity contribution is 5.99. The highest BCUT2D eigenvalue weighted by atomic mass is 16.1. The second-order valence-corrected chi connectivity index (χ2v) is 5.05. The molecule has 1 N–H and O–H groups in total. The number of carbonyl (C=O) groups excluding carboxylic acids is 1. The van der Waals surface area contributed by atoms with Crippen molar-refractivity contribution in [2.75, 3.05) is 14.1 Å². The molecule has 0 radical (unpaired) electrons. The minimum atomic E-state index is -0.0372. The van der Waals surface area contributed by atoms with Crippen LogP contribution in [0, 0.1) is 0 Å². The fraction of sp³-hybridized carbons (Fsp3) is 0.235. The maximum atomic E-state index is 12.6. The molecule has 1 atom stereocenters. The molecule has 2 rings (SSSR count). The number of nitrogens with one attached hydrogen (secondary N) is 1. The van der Waals surface area contributed by atoms with Gasteiger partial charge < -0.3 is 4.90 Å². The van der Waals surface area contributed by atoms with Crippen LogP contribution in [0.2, 0.25) is 0 Å². The monoisotopic (exact) mass is 254 g/mol. The number of ketones is 1. The predicted octanol–water partition coefficient (Wildman–Crippen LogP) is 1.63. The maximum absolute atomic E-state index is 12.6. The number of Topliss-reactive ketones (excluding diaryl/α,β-unsaturated/α-hetero) is 1. The Morgan fingerprint density at radius 1 is 0.947 bits per heavy atom. The fourth-order valence-corrected chi connectivity index (χ4v) is 2.21. The lowest BCUT2D eigenvalue weighted by Gasteiger charge is -2.20. The molecule has 0 aliphatic heterocycles. The molecule has 0 bridgehead atoms. The third kappa shape index (κ3) is 3.52. The van der Waals surface area contributed by atoms with Crippen LogP contribution < -0.4 is 4.90 Å². The number of hydrogen-bond acceptors (Lipinski definition) is 1. The standard InChI is InChI=1S/C17H19NO/c1-18(2)16(13-14-9-5-3-6-10-14)17(19)15-11-7-4-8-12-15/h3-12,16H,13H2,1-2H3/p+1/t16-/m0/s1. The van der Waals surface area contributed by atoms with E-state index in [9.17, 15) is 4.79 Å². The van der Waals surface area contributed by atoms with Gasteiger partial charge in [0.2, 0.25) is 5.78 Å². The van der Waals surface area contributed by atoms with Crippen molar-refractivity contribution in [2.45, 2.75) is 12.5 Å². The van der Waals surface area contributed by atoms with Gasteiger partial charge in [-0.25, -0.2) is 0 Å². The minimum Gasteiger partial charge on any atom is -0.331 e. The second-order valence-electron chi connectivity index (χ2n) is 5.05. The van der Waals surface area contributed by atoms with E-state index in [0.29, 0.717) is 0 Å². The summed E-state index contributed by atoms with van der Waals surface area (Å²) < 4.78 is 0. The summed E-state index contributed by atoms with van der Waals surface area (Å²) in [4.78, 5) is 13.7. The zero-order valence-corrected chi connectivity index (χ0v) is 11.5. The van der Waals surface area contributed by atoms with Crippen molar-refractivity contribution in [3.05, 3.63) is 71.8 Å². The van der Waals surface area contributed by atoms with Crippen LogP contribution in [-0.2, 0) is 6.42 Å². The molecule has 0 saturated heterocycles. The van der Waals surface area contributed by atoms with Crippen LogP contribution in [0.5, 0.6) is 0 Å². The smallest absolute Gasteiger partial charge is 0.220 e. The van der Waals surface area contributed by atoms with Crippen LogP contribution in [0.4, 0.5) is 0 Å². The Hall–Kier alpha value is -1.93. The number of carbonyl (C=O) groups is 1. The molecule has 2 aromatic rings. The normalized spacial score (nSPS) is 12.4. The summed E-state index contributed by atoms with van der Waals surface area (Å²) in [5.41, 5.74) is 2.00. The van der Waals surface area contributed by atoms with Crippen molar-refractivity contribution >= 4 is 5.78 Å². The average molecular weight is 254 g/mol. The summed E-state index contributed by atoms with van der Waals surface area (Å²) in [6.45, 7) is 0. The quantitative estimate of drug-likeness (QED) is 0.805. The van der Waals surface area contributed by atoms with Crippen LogP contribution in [0.3, 0.4) is 0 Å². The van der Waals surface area contributed by atoms with Crippen LogP contribution in [0.1, 0.15) is 15.9 Å². The number of benzene rings is 2. The SMILES string of the molecule is C[NH+](C)[C@@H](Cc1ccccc1)C(=O)c1ccccc1. The van der Waals surface area contributed by atoms with E-state index in [-0.39, 0.29) is 11.8 Å². The lowest BCUT2D eigenvalue weighted by molar-refractivity contribution is -0.874. The molecule has 0 aliphatic carbocycles. The molecule has 0 saturated carbocycles. The number of hydrogen-bond donors (Lipinski definition) is 1. The summed E-state index contributed by atoms with van der Waals surface area (Å²) in [5.74, 6) is 0.212. The topological polar surface area (TPSA) is 21.5 Å². The van der Waals surface area contributed by atoms with Crippen molar-refractivity contribution in [3.8, 4) is 0 Å². The lowest BCUT2D eigenvalue weighted by atomic mass is 9.97. The fourth-order valence-electron chi connectivity index (χ4n) is 2.21. The molecule has 0 aliphatic rings. The first kappa shape index (κ1) is 13.5. The summed E-state index contributed by atoms with van der Waals surface area (Å²) >= 11 is 0. The van der Waals surface area contributed by atoms with Gasteiger partial charge in [-0.1, -0.05) is 60.7 Å². The average Bonchev–Trinajstić information content (AvgIpc) is 2.46. The Balaban J connectivity index is 2.19. The van der Waals surface area contributed by atoms with Gasteiger partial charge in [-0.3, -0.25) is 4.79 Å². The van der Waals surface area contributed by atoms with E-state index < -0.39 is 0 Å². The summed E-state index contributed by atoms with van der Waals surface area (Å²) in [6, 6.07) is 19.7. The Kier molecular flexibility index (Phi) is 4.48. The van der Waals surface area contributed by atoms with Crippen LogP contribution in [-0.4, -0.2) is 25.9 Å². The van der Waals surface area contributed by atoms with Crippen molar-refractivity contribution in [1.82, 2.24) is 0 Å². The van der Waals surface area contributed by atoms with Gasteiger partial charge in [0.15, 0.2) is 6.04 Å². The van der Waals surface area contributed by atoms with Gasteiger partial charge in [0.25, 0.3) is 0 Å². The Morgan fingerprint density at radius 3 is 2.00 bits per heavy atom. The first-order valence-corrected chi connectivity index (χ1v) is 6.61. The molecule has 2 nitrogen and oxygen atoms in total. The molecule has 98 valence electrons. The van der Waals surface area contributed by atoms with Gasteiger partial charge in [0.05, 0.1) is 14.1 Å². The van der Waals surface area contributed by atoms with E-state index >= 15 is 0 Å². The van der Waals surface area contributed by atoms with Crippen molar-refractivity contribution in [1.29, 1.82) is 0 Å². The third-order valence-corrected chi connectivity index (χ3v) is 3.35. The Morgan fingerprint density at radius 2 is 1.47 bits per heavy atom. The number of quaternary nitrogens is 1. The lowest BCUT2D eigenvalue weighted by Crippen LogP contribution is -3.11. The van der Waals surface area contributed by atoms with E-state index in [1.54, 1.807) is 0 Å². The number of likely N-dealkylation sites (N-methyl/N-ethyl adjacent to an activating group) is 1. The summed E-state index contributed by atoms with van der Waals surface area (Å²) in [7, 11) is 4.07. The van der Waals surface area contributed by atoms with E-state index in [0.717, 1.165) is 16.9 Å². The summed E-state index contributed by atoms with van der Waals surface area (Å²) in [5, 5.41) is 0. The van der Waals surface area contributed by atoms with Gasteiger partial charge >= 0.3 is 0 Å². The predicted molar refractivity (Wildman–Crippen MR) is 77.5 cm³/mol. The second kappa shape index (κ2) is 6.30. The molecule has 2 aromatic carbocycles. The molecule has 0 heterocycles. The van der Waals surface area contributed by atoms with Gasteiger partial charge in [0.1, 0.15) is 0 Å². The van der Waals surface area contributed by atoms with Crippen LogP contribution in [0.15, 0.2) is 60.7 Å². The van der Waals surface area contributed by atoms with E-state index in [1.165, 1.54) is 5.56 Å². The molecule has 2 heteroatoms. The molecule has 0 fully saturated rings. The van der Waals surface area contributed by atoms with Crippen molar-refractivity contribution < 1.29 is 9.69 Å². The van der Waals surface area contributed by atoms with Gasteiger partial charge in [0, 0.05) is 12.0 Å². The molecule has 0 amide bonds. The largest absolute Gasteiger partial charge is 0.331 e. The Bertz CT molecular complexity index is 519. The van der Waals surface area contributed by atoms with Gasteiger partial charge in [-0.2, -0.15) is 0 Å². The van der Waals surface area contributed by atoms with E-state index in [4.69, 9.17) is 0 Å². The highest BCUT2D eigenvalue weighted by Crippen LogP contribution is 2.07. The summed E-state index contributed by atoms with van der Waals surface area (Å²) in [6.07, 6.45) is 0.775. The molecular formula is C17H20NO+. The van der Waals surface area contributed by atoms with E-state index in [2.05, 4.69) is 12.1 Å². The minimum absolute atomic E-state index is 0.0372. The van der Waals surface area contributed by atoms with Crippen LogP contribution >= 0.6 is 0 Å². The first-order valence-electron chi connectivity index (χ1n) is 6.61.